The molecule has 2 aromatic carbocycles. The van der Waals surface area contributed by atoms with Gasteiger partial charge in [0.1, 0.15) is 12.7 Å². The fourth-order valence-electron chi connectivity index (χ4n) is 2.37. The number of nitrogen functional groups attached to an aromatic ring is 2. The molecule has 1 heterocycles. The minimum atomic E-state index is -1.04. The van der Waals surface area contributed by atoms with Crippen molar-refractivity contribution in [3.8, 4) is 11.8 Å². The summed E-state index contributed by atoms with van der Waals surface area (Å²) in [5.41, 5.74) is 10.3. The van der Waals surface area contributed by atoms with Crippen LogP contribution in [0.1, 0.15) is 17.4 Å². The minimum absolute atomic E-state index is 0. The van der Waals surface area contributed by atoms with Crippen molar-refractivity contribution in [1.82, 2.24) is 9.78 Å². The first-order valence-corrected chi connectivity index (χ1v) is 12.0. The molecule has 3 rings (SSSR count). The zero-order chi connectivity index (χ0) is 27.8. The van der Waals surface area contributed by atoms with E-state index < -0.39 is 17.7 Å². The number of nitriles is 1. The Labute approximate surface area is 292 Å². The summed E-state index contributed by atoms with van der Waals surface area (Å²) in [4.78, 5) is 21.9. The fraction of sp³-hybridized carbons (Fsp3) is 0.125. The number of carbonyl (C=O) groups excluding carboxylic acids is 2. The first kappa shape index (κ1) is 39.1. The van der Waals surface area contributed by atoms with Crippen LogP contribution in [0.3, 0.4) is 0 Å². The minimum Gasteiger partial charge on any atom is -0.867 e. The molecule has 3 aromatic rings. The standard InChI is InChI=1S/C12H12BrN3O2.C6H7BrN2.C6H5NO3.ClH.K/c1-2-18-12(17)10-7-11(14)16(15-10)9-5-3-4-8(13)6-9;7-5-2-1-3-6(4-5)9-8;1-2-10-6(9)5(8)3-4-7;;/h3-7H,2,14H2,1H3;1-4,9H,8H2;3H,1-2H2;1H;/q;;;;+1/b;;5-3-;;. The summed E-state index contributed by atoms with van der Waals surface area (Å²) in [6, 6.07) is 18.0. The van der Waals surface area contributed by atoms with Crippen LogP contribution in [0.5, 0.6) is 0 Å². The number of ether oxygens (including phenoxy) is 2. The number of hydrazine groups is 1. The van der Waals surface area contributed by atoms with E-state index in [0.29, 0.717) is 18.5 Å². The molecule has 1 aromatic heterocycles. The van der Waals surface area contributed by atoms with Gasteiger partial charge in [-0.15, -0.1) is 12.4 Å². The van der Waals surface area contributed by atoms with Crippen LogP contribution in [0, 0.1) is 18.3 Å². The van der Waals surface area contributed by atoms with E-state index in [0.717, 1.165) is 20.3 Å². The smallest absolute Gasteiger partial charge is 0.867 e. The van der Waals surface area contributed by atoms with Crippen molar-refractivity contribution in [2.24, 2.45) is 5.84 Å². The van der Waals surface area contributed by atoms with Gasteiger partial charge in [0.05, 0.1) is 18.4 Å². The Bertz CT molecular complexity index is 1270. The zero-order valence-corrected chi connectivity index (χ0v) is 28.2. The third kappa shape index (κ3) is 14.8. The number of rotatable bonds is 6. The van der Waals surface area contributed by atoms with Gasteiger partial charge >= 0.3 is 63.3 Å². The molecule has 0 unspecified atom stereocenters. The first-order valence-electron chi connectivity index (χ1n) is 10.4. The van der Waals surface area contributed by atoms with Gasteiger partial charge in [0, 0.05) is 26.8 Å². The summed E-state index contributed by atoms with van der Waals surface area (Å²) in [6.07, 6.45) is 0.581. The van der Waals surface area contributed by atoms with Crippen LogP contribution in [-0.2, 0) is 14.3 Å². The van der Waals surface area contributed by atoms with E-state index in [4.69, 9.17) is 21.6 Å². The van der Waals surface area contributed by atoms with E-state index in [1.807, 2.05) is 48.5 Å². The van der Waals surface area contributed by atoms with Gasteiger partial charge in [0.2, 0.25) is 6.61 Å². The monoisotopic (exact) mass is 709 g/mol. The van der Waals surface area contributed by atoms with E-state index in [2.05, 4.69) is 54.0 Å². The third-order valence-corrected chi connectivity index (χ3v) is 4.88. The summed E-state index contributed by atoms with van der Waals surface area (Å²) >= 11 is 6.68. The van der Waals surface area contributed by atoms with Crippen LogP contribution in [0.4, 0.5) is 11.5 Å². The molecule has 0 fully saturated rings. The average Bonchev–Trinajstić information content (AvgIpc) is 3.27. The topological polar surface area (TPSA) is 181 Å². The number of nitrogens with two attached hydrogens (primary N) is 2. The molecule has 0 saturated heterocycles. The number of allylic oxidation sites excluding steroid dienone is 1. The summed E-state index contributed by atoms with van der Waals surface area (Å²) in [5.74, 6) is 3.06. The van der Waals surface area contributed by atoms with E-state index in [1.165, 1.54) is 16.8 Å². The molecule has 0 amide bonds. The molecule has 11 nitrogen and oxygen atoms in total. The number of nitrogens with zero attached hydrogens (tertiary/aromatic N) is 3. The van der Waals surface area contributed by atoms with Crippen molar-refractivity contribution < 1.29 is 75.6 Å². The molecule has 5 N–H and O–H groups in total. The molecule has 0 radical (unpaired) electrons. The molecule has 202 valence electrons. The van der Waals surface area contributed by atoms with Gasteiger partial charge in [-0.25, -0.2) is 14.3 Å². The van der Waals surface area contributed by atoms with Crippen molar-refractivity contribution in [2.75, 3.05) is 24.4 Å². The number of anilines is 2. The van der Waals surface area contributed by atoms with Crippen LogP contribution < -0.4 is 73.5 Å². The summed E-state index contributed by atoms with van der Waals surface area (Å²) in [7, 11) is 0. The van der Waals surface area contributed by atoms with Crippen molar-refractivity contribution in [2.45, 2.75) is 6.92 Å². The molecular weight excluding hydrogens is 687 g/mol. The van der Waals surface area contributed by atoms with Gasteiger partial charge < -0.3 is 25.7 Å². The van der Waals surface area contributed by atoms with Gasteiger partial charge in [-0.05, 0) is 49.1 Å². The number of carbonyl (C=O) groups is 2. The van der Waals surface area contributed by atoms with Crippen LogP contribution in [-0.4, -0.2) is 34.9 Å². The van der Waals surface area contributed by atoms with E-state index in [-0.39, 0.29) is 76.1 Å². The third-order valence-electron chi connectivity index (χ3n) is 3.90. The number of benzene rings is 2. The summed E-state index contributed by atoms with van der Waals surface area (Å²) in [5, 5.41) is 22.4. The second-order valence-electron chi connectivity index (χ2n) is 6.49. The number of hydrogen-bond acceptors (Lipinski definition) is 10. The molecule has 0 spiro atoms. The molecule has 0 aliphatic heterocycles. The Balaban J connectivity index is 0. The maximum atomic E-state index is 11.5. The second kappa shape index (κ2) is 21.7. The Morgan fingerprint density at radius 3 is 2.28 bits per heavy atom. The van der Waals surface area contributed by atoms with Crippen LogP contribution in [0.15, 0.2) is 75.4 Å². The number of esters is 2. The normalized spacial score (nSPS) is 9.46. The SMILES string of the molecule is CCOC(=O)c1cc(N)n(-c2cccc(Br)c2)n1.Cl.NNc1cccc(Br)c1.[CH2+]COC(=O)/C([O-])=C/C#N.[K+]. The van der Waals surface area contributed by atoms with Gasteiger partial charge in [0.25, 0.3) is 0 Å². The molecule has 0 bridgehead atoms. The largest absolute Gasteiger partial charge is 1.00 e. The molecule has 0 aliphatic carbocycles. The van der Waals surface area contributed by atoms with E-state index in [1.54, 1.807) is 6.92 Å². The van der Waals surface area contributed by atoms with Crippen LogP contribution in [0.2, 0.25) is 0 Å². The van der Waals surface area contributed by atoms with Crippen molar-refractivity contribution in [1.29, 1.82) is 5.26 Å². The predicted molar refractivity (Wildman–Crippen MR) is 151 cm³/mol. The number of hydrogen-bond donors (Lipinski definition) is 3. The number of nitrogens with one attached hydrogen (secondary N) is 1. The van der Waals surface area contributed by atoms with Gasteiger partial charge in [-0.1, -0.05) is 44.0 Å². The maximum absolute atomic E-state index is 11.5. The Morgan fingerprint density at radius 1 is 1.18 bits per heavy atom. The Morgan fingerprint density at radius 2 is 1.79 bits per heavy atom. The fourth-order valence-corrected chi connectivity index (χ4v) is 3.16. The second-order valence-corrected chi connectivity index (χ2v) is 8.33. The molecule has 0 aliphatic rings. The number of halogens is 3. The number of aromatic nitrogens is 2. The van der Waals surface area contributed by atoms with Crippen molar-refractivity contribution in [3.05, 3.63) is 88.0 Å². The van der Waals surface area contributed by atoms with Gasteiger partial charge in [-0.3, -0.25) is 5.84 Å². The molecule has 15 heteroatoms. The van der Waals surface area contributed by atoms with E-state index >= 15 is 0 Å². The Kier molecular flexibility index (Phi) is 21.8. The van der Waals surface area contributed by atoms with Crippen molar-refractivity contribution >= 4 is 67.7 Å². The first-order chi connectivity index (χ1) is 17.7. The Hall–Kier alpha value is -2.06. The molecule has 0 saturated carbocycles. The van der Waals surface area contributed by atoms with Gasteiger partial charge in [-0.2, -0.15) is 10.4 Å². The van der Waals surface area contributed by atoms with Crippen LogP contribution in [0.25, 0.3) is 5.69 Å². The molecule has 39 heavy (non-hydrogen) atoms. The van der Waals surface area contributed by atoms with Gasteiger partial charge in [0.15, 0.2) is 5.69 Å². The molecular formula is C24H25Br2ClKN6O5+. The predicted octanol–water partition coefficient (Wildman–Crippen LogP) is 0.686. The van der Waals surface area contributed by atoms with Crippen LogP contribution >= 0.6 is 44.3 Å². The van der Waals surface area contributed by atoms with E-state index in [9.17, 15) is 14.7 Å². The molecule has 0 atom stereocenters. The maximum Gasteiger partial charge on any atom is 1.00 e. The van der Waals surface area contributed by atoms with Crippen molar-refractivity contribution in [3.63, 3.8) is 0 Å². The summed E-state index contributed by atoms with van der Waals surface area (Å²) in [6.45, 7) is 5.12. The average molecular weight is 712 g/mol. The quantitative estimate of drug-likeness (QED) is 0.0481. The summed E-state index contributed by atoms with van der Waals surface area (Å²) < 4.78 is 12.5. The zero-order valence-electron chi connectivity index (χ0n) is 21.1.